The second-order valence-corrected chi connectivity index (χ2v) is 6.98. The third-order valence-corrected chi connectivity index (χ3v) is 5.11. The molecule has 0 radical (unpaired) electrons. The average Bonchev–Trinajstić information content (AvgIpc) is 3.27. The SMILES string of the molecule is CC(=O)NCN1CC(C2Cc3ccccc3N2C(=O)c2ccccc2)OC1=O. The summed E-state index contributed by atoms with van der Waals surface area (Å²) in [5, 5.41) is 2.61. The van der Waals surface area contributed by atoms with Gasteiger partial charge in [0.05, 0.1) is 19.3 Å². The minimum absolute atomic E-state index is 0.0942. The van der Waals surface area contributed by atoms with Gasteiger partial charge in [0.25, 0.3) is 5.91 Å². The number of fused-ring (bicyclic) bond motifs is 1. The molecule has 7 heteroatoms. The van der Waals surface area contributed by atoms with Gasteiger partial charge in [0, 0.05) is 18.2 Å². The van der Waals surface area contributed by atoms with Crippen molar-refractivity contribution in [3.63, 3.8) is 0 Å². The predicted molar refractivity (Wildman–Crippen MR) is 103 cm³/mol. The van der Waals surface area contributed by atoms with Crippen LogP contribution in [0.15, 0.2) is 54.6 Å². The first kappa shape index (κ1) is 18.0. The molecule has 2 heterocycles. The Hall–Kier alpha value is -3.35. The highest BCUT2D eigenvalue weighted by molar-refractivity contribution is 6.08. The monoisotopic (exact) mass is 379 g/mol. The molecule has 0 bridgehead atoms. The number of cyclic esters (lactones) is 1. The van der Waals surface area contributed by atoms with E-state index in [4.69, 9.17) is 4.74 Å². The highest BCUT2D eigenvalue weighted by Gasteiger charge is 2.45. The van der Waals surface area contributed by atoms with E-state index < -0.39 is 12.2 Å². The van der Waals surface area contributed by atoms with Crippen LogP contribution in [0.25, 0.3) is 0 Å². The maximum atomic E-state index is 13.3. The van der Waals surface area contributed by atoms with Gasteiger partial charge in [0.1, 0.15) is 6.10 Å². The summed E-state index contributed by atoms with van der Waals surface area (Å²) in [4.78, 5) is 39.8. The van der Waals surface area contributed by atoms with E-state index in [1.807, 2.05) is 42.5 Å². The summed E-state index contributed by atoms with van der Waals surface area (Å²) < 4.78 is 5.58. The van der Waals surface area contributed by atoms with Crippen molar-refractivity contribution < 1.29 is 19.1 Å². The molecule has 0 saturated carbocycles. The molecule has 2 unspecified atom stereocenters. The molecule has 0 aliphatic carbocycles. The number of nitrogens with zero attached hydrogens (tertiary/aromatic N) is 2. The maximum Gasteiger partial charge on any atom is 0.411 e. The standard InChI is InChI=1S/C21H21N3O4/c1-14(25)22-13-23-12-19(28-21(23)27)18-11-16-9-5-6-10-17(16)24(18)20(26)15-7-3-2-4-8-15/h2-10,18-19H,11-13H2,1H3,(H,22,25). The molecule has 2 aliphatic rings. The molecular weight excluding hydrogens is 358 g/mol. The molecule has 3 amide bonds. The molecule has 1 saturated heterocycles. The molecule has 2 aromatic rings. The Kier molecular flexibility index (Phi) is 4.73. The van der Waals surface area contributed by atoms with Gasteiger partial charge in [-0.05, 0) is 30.2 Å². The van der Waals surface area contributed by atoms with Gasteiger partial charge in [-0.3, -0.25) is 14.5 Å². The largest absolute Gasteiger partial charge is 0.442 e. The van der Waals surface area contributed by atoms with Gasteiger partial charge >= 0.3 is 6.09 Å². The Bertz CT molecular complexity index is 915. The lowest BCUT2D eigenvalue weighted by molar-refractivity contribution is -0.119. The van der Waals surface area contributed by atoms with Crippen molar-refractivity contribution in [2.45, 2.75) is 25.5 Å². The fourth-order valence-electron chi connectivity index (χ4n) is 3.76. The molecule has 0 spiro atoms. The van der Waals surface area contributed by atoms with E-state index in [0.29, 0.717) is 18.5 Å². The summed E-state index contributed by atoms with van der Waals surface area (Å²) in [7, 11) is 0. The van der Waals surface area contributed by atoms with Crippen LogP contribution >= 0.6 is 0 Å². The Morgan fingerprint density at radius 1 is 1.11 bits per heavy atom. The fraction of sp³-hybridized carbons (Fsp3) is 0.286. The van der Waals surface area contributed by atoms with Crippen molar-refractivity contribution in [2.24, 2.45) is 0 Å². The van der Waals surface area contributed by atoms with Crippen LogP contribution in [0.2, 0.25) is 0 Å². The van der Waals surface area contributed by atoms with Gasteiger partial charge in [-0.15, -0.1) is 0 Å². The summed E-state index contributed by atoms with van der Waals surface area (Å²) in [6.45, 7) is 1.81. The second-order valence-electron chi connectivity index (χ2n) is 6.98. The van der Waals surface area contributed by atoms with Crippen molar-refractivity contribution in [3.8, 4) is 0 Å². The third-order valence-electron chi connectivity index (χ3n) is 5.11. The van der Waals surface area contributed by atoms with Crippen molar-refractivity contribution in [1.29, 1.82) is 0 Å². The number of benzene rings is 2. The number of hydrogen-bond donors (Lipinski definition) is 1. The lowest BCUT2D eigenvalue weighted by Gasteiger charge is -2.28. The number of amides is 3. The van der Waals surface area contributed by atoms with Gasteiger partial charge in [0.15, 0.2) is 0 Å². The molecule has 2 atom stereocenters. The van der Waals surface area contributed by atoms with E-state index in [9.17, 15) is 14.4 Å². The summed E-state index contributed by atoms with van der Waals surface area (Å²) in [6.07, 6.45) is -0.344. The Morgan fingerprint density at radius 2 is 1.82 bits per heavy atom. The van der Waals surface area contributed by atoms with Crippen LogP contribution < -0.4 is 10.2 Å². The number of anilines is 1. The summed E-state index contributed by atoms with van der Waals surface area (Å²) >= 11 is 0. The first-order valence-corrected chi connectivity index (χ1v) is 9.21. The highest BCUT2D eigenvalue weighted by Crippen LogP contribution is 2.36. The lowest BCUT2D eigenvalue weighted by atomic mass is 10.0. The summed E-state index contributed by atoms with van der Waals surface area (Å²) in [6, 6.07) is 16.5. The summed E-state index contributed by atoms with van der Waals surface area (Å²) in [5.41, 5.74) is 2.48. The van der Waals surface area contributed by atoms with Gasteiger partial charge in [-0.2, -0.15) is 0 Å². The first-order chi connectivity index (χ1) is 13.5. The topological polar surface area (TPSA) is 79.0 Å². The zero-order valence-corrected chi connectivity index (χ0v) is 15.5. The van der Waals surface area contributed by atoms with Crippen LogP contribution in [0.1, 0.15) is 22.8 Å². The average molecular weight is 379 g/mol. The van der Waals surface area contributed by atoms with Gasteiger partial charge < -0.3 is 15.0 Å². The van der Waals surface area contributed by atoms with Crippen molar-refractivity contribution >= 4 is 23.6 Å². The molecule has 2 aromatic carbocycles. The fourth-order valence-corrected chi connectivity index (χ4v) is 3.76. The van der Waals surface area contributed by atoms with Crippen LogP contribution in [0, 0.1) is 0 Å². The van der Waals surface area contributed by atoms with Crippen molar-refractivity contribution in [3.05, 3.63) is 65.7 Å². The van der Waals surface area contributed by atoms with Gasteiger partial charge in [-0.1, -0.05) is 36.4 Å². The summed E-state index contributed by atoms with van der Waals surface area (Å²) in [5.74, 6) is -0.336. The number of ether oxygens (including phenoxy) is 1. The van der Waals surface area contributed by atoms with E-state index in [1.165, 1.54) is 11.8 Å². The molecular formula is C21H21N3O4. The maximum absolute atomic E-state index is 13.3. The van der Waals surface area contributed by atoms with Crippen LogP contribution in [0.4, 0.5) is 10.5 Å². The number of hydrogen-bond acceptors (Lipinski definition) is 4. The minimum atomic E-state index is -0.484. The Balaban J connectivity index is 1.60. The number of carbonyl (C=O) groups excluding carboxylic acids is 3. The molecule has 7 nitrogen and oxygen atoms in total. The van der Waals surface area contributed by atoms with Gasteiger partial charge in [0.2, 0.25) is 5.91 Å². The van der Waals surface area contributed by atoms with E-state index in [2.05, 4.69) is 5.32 Å². The van der Waals surface area contributed by atoms with Crippen LogP contribution in [-0.4, -0.2) is 48.2 Å². The van der Waals surface area contributed by atoms with E-state index in [1.54, 1.807) is 17.0 Å². The smallest absolute Gasteiger partial charge is 0.411 e. The molecule has 28 heavy (non-hydrogen) atoms. The number of rotatable bonds is 4. The molecule has 2 aliphatic heterocycles. The zero-order valence-electron chi connectivity index (χ0n) is 15.5. The minimum Gasteiger partial charge on any atom is -0.442 e. The van der Waals surface area contributed by atoms with Crippen LogP contribution in [-0.2, 0) is 16.0 Å². The lowest BCUT2D eigenvalue weighted by Crippen LogP contribution is -2.47. The Labute approximate surface area is 162 Å². The Morgan fingerprint density at radius 3 is 2.57 bits per heavy atom. The quantitative estimate of drug-likeness (QED) is 0.883. The molecule has 144 valence electrons. The number of carbonyl (C=O) groups is 3. The highest BCUT2D eigenvalue weighted by atomic mass is 16.6. The third kappa shape index (κ3) is 3.31. The number of nitrogens with one attached hydrogen (secondary N) is 1. The van der Waals surface area contributed by atoms with E-state index >= 15 is 0 Å². The van der Waals surface area contributed by atoms with Gasteiger partial charge in [-0.25, -0.2) is 4.79 Å². The van der Waals surface area contributed by atoms with Crippen molar-refractivity contribution in [1.82, 2.24) is 10.2 Å². The van der Waals surface area contributed by atoms with Crippen LogP contribution in [0.3, 0.4) is 0 Å². The van der Waals surface area contributed by atoms with Crippen LogP contribution in [0.5, 0.6) is 0 Å². The molecule has 0 aromatic heterocycles. The first-order valence-electron chi connectivity index (χ1n) is 9.21. The zero-order chi connectivity index (χ0) is 19.7. The van der Waals surface area contributed by atoms with E-state index in [-0.39, 0.29) is 24.5 Å². The van der Waals surface area contributed by atoms with Crippen molar-refractivity contribution in [2.75, 3.05) is 18.1 Å². The van der Waals surface area contributed by atoms with E-state index in [0.717, 1.165) is 11.3 Å². The number of para-hydroxylation sites is 1. The molecule has 1 N–H and O–H groups in total. The normalized spacial score (nSPS) is 20.7. The molecule has 4 rings (SSSR count). The molecule has 1 fully saturated rings. The second kappa shape index (κ2) is 7.34. The predicted octanol–water partition coefficient (Wildman–Crippen LogP) is 2.17.